The minimum absolute atomic E-state index is 0.116. The molecule has 0 bridgehead atoms. The predicted octanol–water partition coefficient (Wildman–Crippen LogP) is 2.29. The molecule has 1 atom stereocenters. The molecule has 22 heavy (non-hydrogen) atoms. The second-order valence-electron chi connectivity index (χ2n) is 6.49. The molecule has 0 aliphatic carbocycles. The van der Waals surface area contributed by atoms with Gasteiger partial charge in [-0.2, -0.15) is 0 Å². The Hall–Kier alpha value is -1.39. The zero-order chi connectivity index (χ0) is 15.4. The second kappa shape index (κ2) is 6.80. The van der Waals surface area contributed by atoms with Gasteiger partial charge in [0.2, 0.25) is 5.91 Å². The molecule has 1 spiro atoms. The van der Waals surface area contributed by atoms with Crippen molar-refractivity contribution in [2.75, 3.05) is 32.8 Å². The molecule has 120 valence electrons. The van der Waals surface area contributed by atoms with Crippen LogP contribution in [0.1, 0.15) is 31.7 Å². The van der Waals surface area contributed by atoms with Crippen LogP contribution < -0.4 is 0 Å². The number of likely N-dealkylation sites (N-methyl/N-ethyl adjacent to an activating group) is 1. The van der Waals surface area contributed by atoms with Crippen LogP contribution in [0.2, 0.25) is 0 Å². The molecule has 2 saturated heterocycles. The largest absolute Gasteiger partial charge is 0.363 e. The first-order chi connectivity index (χ1) is 10.7. The number of hydrogen-bond donors (Lipinski definition) is 0. The number of likely N-dealkylation sites (tertiary alicyclic amines) is 1. The van der Waals surface area contributed by atoms with E-state index in [0.717, 1.165) is 52.0 Å². The van der Waals surface area contributed by atoms with Gasteiger partial charge in [0.05, 0.1) is 5.60 Å². The van der Waals surface area contributed by atoms with Crippen molar-refractivity contribution < 1.29 is 9.53 Å². The number of carbonyl (C=O) groups is 1. The Balaban J connectivity index is 1.61. The molecule has 0 N–H and O–H groups in total. The lowest BCUT2D eigenvalue weighted by Crippen LogP contribution is -2.54. The summed E-state index contributed by atoms with van der Waals surface area (Å²) in [6.07, 6.45) is 3.21. The monoisotopic (exact) mass is 302 g/mol. The molecular weight excluding hydrogens is 276 g/mol. The fourth-order valence-corrected chi connectivity index (χ4v) is 3.60. The molecule has 1 aromatic rings. The number of benzene rings is 1. The molecule has 3 rings (SSSR count). The van der Waals surface area contributed by atoms with Crippen molar-refractivity contribution in [3.8, 4) is 0 Å². The quantitative estimate of drug-likeness (QED) is 0.859. The third-order valence-corrected chi connectivity index (χ3v) is 4.95. The highest BCUT2D eigenvalue weighted by molar-refractivity contribution is 5.78. The van der Waals surface area contributed by atoms with Crippen LogP contribution in [0, 0.1) is 0 Å². The summed E-state index contributed by atoms with van der Waals surface area (Å²) in [5.74, 6) is 0.138. The summed E-state index contributed by atoms with van der Waals surface area (Å²) in [5.41, 5.74) is 1.25. The van der Waals surface area contributed by atoms with Gasteiger partial charge in [-0.15, -0.1) is 0 Å². The average Bonchev–Trinajstić information content (AvgIpc) is 2.74. The molecule has 4 heteroatoms. The number of rotatable bonds is 3. The summed E-state index contributed by atoms with van der Waals surface area (Å²) >= 11 is 0. The van der Waals surface area contributed by atoms with E-state index in [1.54, 1.807) is 0 Å². The summed E-state index contributed by atoms with van der Waals surface area (Å²) in [4.78, 5) is 16.3. The lowest BCUT2D eigenvalue weighted by atomic mass is 9.92. The normalized spacial score (nSPS) is 27.1. The van der Waals surface area contributed by atoms with Gasteiger partial charge < -0.3 is 9.64 Å². The van der Waals surface area contributed by atoms with Crippen LogP contribution >= 0.6 is 0 Å². The fraction of sp³-hybridized carbons (Fsp3) is 0.611. The van der Waals surface area contributed by atoms with E-state index in [1.807, 2.05) is 4.90 Å². The smallest absolute Gasteiger partial charge is 0.248 e. The SMILES string of the molecule is CCN1C[C@@]2(CCCN(Cc3ccccc3)CC2)OCC1=O. The second-order valence-corrected chi connectivity index (χ2v) is 6.49. The number of carbonyl (C=O) groups excluding carboxylic acids is 1. The van der Waals surface area contributed by atoms with Crippen molar-refractivity contribution in [3.63, 3.8) is 0 Å². The van der Waals surface area contributed by atoms with Crippen molar-refractivity contribution in [2.24, 2.45) is 0 Å². The molecule has 0 aromatic heterocycles. The maximum Gasteiger partial charge on any atom is 0.248 e. The molecule has 2 fully saturated rings. The van der Waals surface area contributed by atoms with Crippen molar-refractivity contribution in [3.05, 3.63) is 35.9 Å². The molecule has 0 radical (unpaired) electrons. The Morgan fingerprint density at radius 3 is 2.77 bits per heavy atom. The van der Waals surface area contributed by atoms with E-state index in [1.165, 1.54) is 5.56 Å². The zero-order valence-corrected chi connectivity index (χ0v) is 13.5. The molecular formula is C18H26N2O2. The van der Waals surface area contributed by atoms with Gasteiger partial charge in [0.1, 0.15) is 6.61 Å². The first-order valence-electron chi connectivity index (χ1n) is 8.39. The Bertz CT molecular complexity index is 505. The topological polar surface area (TPSA) is 32.8 Å². The Morgan fingerprint density at radius 1 is 1.18 bits per heavy atom. The number of ether oxygens (including phenoxy) is 1. The lowest BCUT2D eigenvalue weighted by Gasteiger charge is -2.42. The van der Waals surface area contributed by atoms with Gasteiger partial charge in [0.15, 0.2) is 0 Å². The van der Waals surface area contributed by atoms with Gasteiger partial charge in [0.25, 0.3) is 0 Å². The van der Waals surface area contributed by atoms with Gasteiger partial charge in [-0.3, -0.25) is 9.69 Å². The molecule has 2 aliphatic heterocycles. The Morgan fingerprint density at radius 2 is 2.00 bits per heavy atom. The third-order valence-electron chi connectivity index (χ3n) is 4.95. The standard InChI is InChI=1S/C18H26N2O2/c1-2-20-15-18(22-14-17(20)21)9-6-11-19(12-10-18)13-16-7-4-3-5-8-16/h3-5,7-8H,2,6,9-15H2,1H3/t18-/m0/s1. The molecule has 2 aliphatic rings. The highest BCUT2D eigenvalue weighted by Crippen LogP contribution is 2.30. The number of amides is 1. The van der Waals surface area contributed by atoms with Crippen molar-refractivity contribution >= 4 is 5.91 Å². The molecule has 0 unspecified atom stereocenters. The van der Waals surface area contributed by atoms with E-state index < -0.39 is 0 Å². The summed E-state index contributed by atoms with van der Waals surface area (Å²) in [7, 11) is 0. The van der Waals surface area contributed by atoms with Crippen molar-refractivity contribution in [1.82, 2.24) is 9.80 Å². The summed E-state index contributed by atoms with van der Waals surface area (Å²) < 4.78 is 6.01. The van der Waals surface area contributed by atoms with Crippen LogP contribution in [0.5, 0.6) is 0 Å². The number of morpholine rings is 1. The average molecular weight is 302 g/mol. The lowest BCUT2D eigenvalue weighted by molar-refractivity contribution is -0.165. The van der Waals surface area contributed by atoms with Gasteiger partial charge in [0, 0.05) is 26.2 Å². The van der Waals surface area contributed by atoms with E-state index in [9.17, 15) is 4.79 Å². The Kier molecular flexibility index (Phi) is 4.79. The zero-order valence-electron chi connectivity index (χ0n) is 13.5. The van der Waals surface area contributed by atoms with E-state index in [2.05, 4.69) is 42.2 Å². The highest BCUT2D eigenvalue weighted by Gasteiger charge is 2.40. The maximum atomic E-state index is 11.8. The minimum Gasteiger partial charge on any atom is -0.363 e. The van der Waals surface area contributed by atoms with Crippen LogP contribution in [0.15, 0.2) is 30.3 Å². The van der Waals surface area contributed by atoms with Crippen molar-refractivity contribution in [1.29, 1.82) is 0 Å². The van der Waals surface area contributed by atoms with E-state index in [-0.39, 0.29) is 18.1 Å². The maximum absolute atomic E-state index is 11.8. The van der Waals surface area contributed by atoms with E-state index >= 15 is 0 Å². The summed E-state index contributed by atoms with van der Waals surface area (Å²) in [5, 5.41) is 0. The van der Waals surface area contributed by atoms with E-state index in [4.69, 9.17) is 4.74 Å². The van der Waals surface area contributed by atoms with Crippen LogP contribution in [0.3, 0.4) is 0 Å². The molecule has 1 amide bonds. The molecule has 1 aromatic carbocycles. The molecule has 2 heterocycles. The summed E-state index contributed by atoms with van der Waals surface area (Å²) in [6.45, 7) is 7.02. The van der Waals surface area contributed by atoms with Crippen molar-refractivity contribution in [2.45, 2.75) is 38.3 Å². The van der Waals surface area contributed by atoms with Crippen LogP contribution in [0.25, 0.3) is 0 Å². The van der Waals surface area contributed by atoms with Crippen LogP contribution in [0.4, 0.5) is 0 Å². The summed E-state index contributed by atoms with van der Waals surface area (Å²) in [6, 6.07) is 10.6. The highest BCUT2D eigenvalue weighted by atomic mass is 16.5. The first kappa shape index (κ1) is 15.5. The van der Waals surface area contributed by atoms with Gasteiger partial charge in [-0.05, 0) is 38.3 Å². The predicted molar refractivity (Wildman–Crippen MR) is 86.5 cm³/mol. The molecule has 0 saturated carbocycles. The van der Waals surface area contributed by atoms with E-state index in [0.29, 0.717) is 0 Å². The van der Waals surface area contributed by atoms with Crippen LogP contribution in [-0.4, -0.2) is 54.1 Å². The van der Waals surface area contributed by atoms with Gasteiger partial charge in [-0.1, -0.05) is 30.3 Å². The molecule has 4 nitrogen and oxygen atoms in total. The number of hydrogen-bond acceptors (Lipinski definition) is 3. The van der Waals surface area contributed by atoms with Gasteiger partial charge in [-0.25, -0.2) is 0 Å². The van der Waals surface area contributed by atoms with Crippen LogP contribution in [-0.2, 0) is 16.1 Å². The minimum atomic E-state index is -0.116. The fourth-order valence-electron chi connectivity index (χ4n) is 3.60. The Labute approximate surface area is 133 Å². The number of nitrogens with zero attached hydrogens (tertiary/aromatic N) is 2. The van der Waals surface area contributed by atoms with Gasteiger partial charge >= 0.3 is 0 Å². The first-order valence-corrected chi connectivity index (χ1v) is 8.39. The third kappa shape index (κ3) is 3.50.